The van der Waals surface area contributed by atoms with Crippen LogP contribution in [0.3, 0.4) is 0 Å². The molecule has 0 spiro atoms. The van der Waals surface area contributed by atoms with E-state index in [9.17, 15) is 19.5 Å². The van der Waals surface area contributed by atoms with Crippen LogP contribution in [0.2, 0.25) is 0 Å². The van der Waals surface area contributed by atoms with Crippen LogP contribution in [0, 0.1) is 10.8 Å². The highest BCUT2D eigenvalue weighted by atomic mass is 32.1. The van der Waals surface area contributed by atoms with Gasteiger partial charge in [0.1, 0.15) is 12.1 Å². The molecule has 0 aromatic carbocycles. The predicted octanol–water partition coefficient (Wildman–Crippen LogP) is 3.48. The Morgan fingerprint density at radius 2 is 1.86 bits per heavy atom. The molecule has 8 nitrogen and oxygen atoms in total. The van der Waals surface area contributed by atoms with E-state index in [0.29, 0.717) is 0 Å². The first-order valence-corrected chi connectivity index (χ1v) is 13.2. The fourth-order valence-corrected chi connectivity index (χ4v) is 4.42. The van der Waals surface area contributed by atoms with Crippen molar-refractivity contribution in [3.63, 3.8) is 0 Å². The molecule has 3 atom stereocenters. The van der Waals surface area contributed by atoms with Crippen LogP contribution in [0.15, 0.2) is 54.7 Å². The van der Waals surface area contributed by atoms with Crippen molar-refractivity contribution in [3.8, 4) is 0 Å². The highest BCUT2D eigenvalue weighted by Crippen LogP contribution is 2.27. The predicted molar refractivity (Wildman–Crippen MR) is 149 cm³/mol. The van der Waals surface area contributed by atoms with Crippen molar-refractivity contribution in [2.45, 2.75) is 66.2 Å². The zero-order valence-electron chi connectivity index (χ0n) is 22.7. The van der Waals surface area contributed by atoms with E-state index in [1.54, 1.807) is 44.6 Å². The van der Waals surface area contributed by atoms with Gasteiger partial charge in [0.15, 0.2) is 0 Å². The monoisotopic (exact) mass is 528 g/mol. The van der Waals surface area contributed by atoms with Crippen molar-refractivity contribution >= 4 is 34.6 Å². The lowest BCUT2D eigenvalue weighted by Gasteiger charge is -2.36. The van der Waals surface area contributed by atoms with E-state index in [0.717, 1.165) is 16.0 Å². The van der Waals surface area contributed by atoms with Gasteiger partial charge in [0.2, 0.25) is 17.7 Å². The number of rotatable bonds is 9. The molecule has 1 aliphatic rings. The van der Waals surface area contributed by atoms with E-state index in [-0.39, 0.29) is 37.2 Å². The fraction of sp³-hybridized carbons (Fsp3) is 0.500. The molecule has 0 saturated carbocycles. The second kappa shape index (κ2) is 12.5. The average Bonchev–Trinajstić information content (AvgIpc) is 3.47. The number of hydrogen-bond acceptors (Lipinski definition) is 6. The summed E-state index contributed by atoms with van der Waals surface area (Å²) in [5.74, 6) is -1.01. The number of β-amino-alcohol motifs (C(OH)–C–C–N with tert-alkyl or cyclic N) is 1. The number of nitrogens with zero attached hydrogens (tertiary/aromatic N) is 2. The molecule has 1 aliphatic heterocycles. The summed E-state index contributed by atoms with van der Waals surface area (Å²) in [6, 6.07) is -1.70. The minimum Gasteiger partial charge on any atom is -0.391 e. The van der Waals surface area contributed by atoms with Gasteiger partial charge >= 0.3 is 0 Å². The topological polar surface area (TPSA) is 112 Å². The number of aliphatic hydroxyl groups excluding tert-OH is 1. The second-order valence-electron chi connectivity index (χ2n) is 11.3. The van der Waals surface area contributed by atoms with Crippen LogP contribution in [0.5, 0.6) is 0 Å². The first kappa shape index (κ1) is 30.2. The molecule has 37 heavy (non-hydrogen) atoms. The van der Waals surface area contributed by atoms with Gasteiger partial charge in [0, 0.05) is 31.1 Å². The Morgan fingerprint density at radius 3 is 2.38 bits per heavy atom. The van der Waals surface area contributed by atoms with E-state index in [1.165, 1.54) is 16.2 Å². The maximum atomic E-state index is 13.6. The van der Waals surface area contributed by atoms with Crippen molar-refractivity contribution in [2.75, 3.05) is 13.1 Å². The number of nitrogens with one attached hydrogen (secondary N) is 2. The number of likely N-dealkylation sites (tertiary alicyclic amines) is 1. The number of aliphatic hydroxyl groups is 1. The third-order valence-electron chi connectivity index (χ3n) is 6.08. The molecule has 3 amide bonds. The molecule has 0 bridgehead atoms. The van der Waals surface area contributed by atoms with Crippen LogP contribution in [-0.4, -0.2) is 64.0 Å². The molecule has 1 aromatic rings. The lowest BCUT2D eigenvalue weighted by Crippen LogP contribution is -2.59. The smallest absolute Gasteiger partial charge is 0.246 e. The molecule has 3 unspecified atom stereocenters. The maximum absolute atomic E-state index is 13.6. The van der Waals surface area contributed by atoms with Gasteiger partial charge in [-0.15, -0.1) is 11.3 Å². The standard InChI is InChI=1S/C28H40N4O4S/c1-9-18(11-12-19(10-2)22-15-29-17-37-22)14-30-24(34)21-13-20(33)16-32(21)25(35)23(27(3,4)5)31-26(36)28(6,7)8/h9-12,15,17,20-21,23,33H,1-2,13-14,16H2,3-8H3,(H,30,34)(H,31,36)/b18-11+,19-12+. The lowest BCUT2D eigenvalue weighted by molar-refractivity contribution is -0.145. The van der Waals surface area contributed by atoms with Crippen LogP contribution >= 0.6 is 11.3 Å². The van der Waals surface area contributed by atoms with Crippen molar-refractivity contribution in [2.24, 2.45) is 10.8 Å². The van der Waals surface area contributed by atoms with Crippen molar-refractivity contribution < 1.29 is 19.5 Å². The molecule has 1 fully saturated rings. The van der Waals surface area contributed by atoms with Gasteiger partial charge in [-0.2, -0.15) is 0 Å². The van der Waals surface area contributed by atoms with E-state index in [2.05, 4.69) is 28.8 Å². The molecule has 0 radical (unpaired) electrons. The molecule has 1 aromatic heterocycles. The number of thiazole rings is 1. The molecule has 2 rings (SSSR count). The largest absolute Gasteiger partial charge is 0.391 e. The summed E-state index contributed by atoms with van der Waals surface area (Å²) >= 11 is 1.50. The Bertz CT molecular complexity index is 1060. The normalized spacial score (nSPS) is 19.8. The van der Waals surface area contributed by atoms with Crippen LogP contribution in [0.1, 0.15) is 52.8 Å². The van der Waals surface area contributed by atoms with Gasteiger partial charge in [-0.3, -0.25) is 19.4 Å². The summed E-state index contributed by atoms with van der Waals surface area (Å²) in [6.07, 6.45) is 8.16. The molecule has 2 heterocycles. The summed E-state index contributed by atoms with van der Waals surface area (Å²) < 4.78 is 0. The summed E-state index contributed by atoms with van der Waals surface area (Å²) in [6.45, 7) is 18.8. The Labute approximate surface area is 224 Å². The Kier molecular flexibility index (Phi) is 10.2. The number of amides is 3. The van der Waals surface area contributed by atoms with Crippen LogP contribution in [0.4, 0.5) is 0 Å². The van der Waals surface area contributed by atoms with Crippen molar-refractivity contribution in [1.82, 2.24) is 20.5 Å². The zero-order chi connectivity index (χ0) is 28.0. The van der Waals surface area contributed by atoms with E-state index in [4.69, 9.17) is 0 Å². The molecule has 202 valence electrons. The van der Waals surface area contributed by atoms with Gasteiger partial charge in [-0.05, 0) is 16.6 Å². The highest BCUT2D eigenvalue weighted by Gasteiger charge is 2.45. The SMILES string of the molecule is C=C/C(=C\C=C(/C=C)c1cncs1)CNC(=O)C1CC(O)CN1C(=O)C(NC(=O)C(C)(C)C)C(C)(C)C. The number of hydrogen-bond donors (Lipinski definition) is 3. The minimum absolute atomic E-state index is 0.0271. The molecule has 1 saturated heterocycles. The average molecular weight is 529 g/mol. The molecule has 0 aliphatic carbocycles. The van der Waals surface area contributed by atoms with Crippen molar-refractivity contribution in [1.29, 1.82) is 0 Å². The second-order valence-corrected chi connectivity index (χ2v) is 12.2. The van der Waals surface area contributed by atoms with Gasteiger partial charge in [-0.1, -0.05) is 79.0 Å². The minimum atomic E-state index is -0.849. The van der Waals surface area contributed by atoms with Gasteiger partial charge in [0.25, 0.3) is 0 Å². The van der Waals surface area contributed by atoms with Gasteiger partial charge < -0.3 is 20.6 Å². The van der Waals surface area contributed by atoms with Crippen LogP contribution < -0.4 is 10.6 Å². The lowest BCUT2D eigenvalue weighted by atomic mass is 9.84. The summed E-state index contributed by atoms with van der Waals surface area (Å²) in [5.41, 5.74) is 2.12. The quantitative estimate of drug-likeness (QED) is 0.425. The van der Waals surface area contributed by atoms with Crippen LogP contribution in [0.25, 0.3) is 5.57 Å². The van der Waals surface area contributed by atoms with E-state index in [1.807, 2.05) is 32.9 Å². The highest BCUT2D eigenvalue weighted by molar-refractivity contribution is 7.10. The number of aromatic nitrogens is 1. The van der Waals surface area contributed by atoms with E-state index >= 15 is 0 Å². The molecule has 9 heteroatoms. The summed E-state index contributed by atoms with van der Waals surface area (Å²) in [5, 5.41) is 16.1. The third kappa shape index (κ3) is 8.23. The first-order chi connectivity index (χ1) is 17.2. The first-order valence-electron chi connectivity index (χ1n) is 12.3. The summed E-state index contributed by atoms with van der Waals surface area (Å²) in [4.78, 5) is 45.9. The third-order valence-corrected chi connectivity index (χ3v) is 6.90. The number of allylic oxidation sites excluding steroid dienone is 4. The van der Waals surface area contributed by atoms with Gasteiger partial charge in [-0.25, -0.2) is 0 Å². The Morgan fingerprint density at radius 1 is 1.19 bits per heavy atom. The van der Waals surface area contributed by atoms with E-state index < -0.39 is 29.0 Å². The molecule has 3 N–H and O–H groups in total. The number of carbonyl (C=O) groups is 3. The Balaban J connectivity index is 2.17. The Hall–Kier alpha value is -3.04. The van der Waals surface area contributed by atoms with Crippen molar-refractivity contribution in [3.05, 3.63) is 59.6 Å². The number of carbonyl (C=O) groups excluding carboxylic acids is 3. The molecular formula is C28H40N4O4S. The zero-order valence-corrected chi connectivity index (χ0v) is 23.5. The maximum Gasteiger partial charge on any atom is 0.246 e. The summed E-state index contributed by atoms with van der Waals surface area (Å²) in [7, 11) is 0. The van der Waals surface area contributed by atoms with Crippen LogP contribution in [-0.2, 0) is 14.4 Å². The molecular weight excluding hydrogens is 488 g/mol. The fourth-order valence-electron chi connectivity index (χ4n) is 3.78. The van der Waals surface area contributed by atoms with Gasteiger partial charge in [0.05, 0.1) is 16.5 Å².